The lowest BCUT2D eigenvalue weighted by atomic mass is 10.1. The maximum Gasteiger partial charge on any atom is 0.342 e. The molecule has 8 heteroatoms. The van der Waals surface area contributed by atoms with Crippen molar-refractivity contribution in [1.82, 2.24) is 0 Å². The number of anilines is 1. The second-order valence-corrected chi connectivity index (χ2v) is 3.93. The minimum absolute atomic E-state index is 0.128. The Labute approximate surface area is 104 Å². The summed E-state index contributed by atoms with van der Waals surface area (Å²) in [6.07, 6.45) is 0.257. The van der Waals surface area contributed by atoms with Crippen molar-refractivity contribution < 1.29 is 19.6 Å². The molecule has 0 unspecified atom stereocenters. The predicted octanol–water partition coefficient (Wildman–Crippen LogP) is 1.93. The normalized spacial score (nSPS) is 9.76. The molecule has 1 rings (SSSR count). The van der Waals surface area contributed by atoms with Gasteiger partial charge in [0, 0.05) is 4.47 Å². The molecule has 0 aliphatic heterocycles. The maximum atomic E-state index is 10.9. The lowest BCUT2D eigenvalue weighted by Crippen LogP contribution is -2.09. The van der Waals surface area contributed by atoms with E-state index < -0.39 is 22.1 Å². The van der Waals surface area contributed by atoms with Gasteiger partial charge in [0.15, 0.2) is 0 Å². The van der Waals surface area contributed by atoms with E-state index in [2.05, 4.69) is 21.2 Å². The molecule has 7 nitrogen and oxygen atoms in total. The van der Waals surface area contributed by atoms with Crippen LogP contribution >= 0.6 is 15.9 Å². The van der Waals surface area contributed by atoms with Crippen molar-refractivity contribution in [3.63, 3.8) is 0 Å². The Bertz CT molecular complexity index is 515. The SMILES string of the molecule is Cc1c(Br)cc(C(=O)O)c([N+](=O)[O-])c1NC=O. The smallest absolute Gasteiger partial charge is 0.342 e. The molecule has 2 N–H and O–H groups in total. The molecule has 0 atom stereocenters. The van der Waals surface area contributed by atoms with Crippen LogP contribution in [0.1, 0.15) is 15.9 Å². The summed E-state index contributed by atoms with van der Waals surface area (Å²) in [6, 6.07) is 1.13. The fourth-order valence-corrected chi connectivity index (χ4v) is 1.75. The minimum Gasteiger partial charge on any atom is -0.477 e. The lowest BCUT2D eigenvalue weighted by Gasteiger charge is -2.09. The average Bonchev–Trinajstić information content (AvgIpc) is 2.23. The number of nitrogens with zero attached hydrogens (tertiary/aromatic N) is 1. The number of rotatable bonds is 4. The molecule has 0 heterocycles. The zero-order chi connectivity index (χ0) is 13.2. The van der Waals surface area contributed by atoms with Gasteiger partial charge in [0.1, 0.15) is 11.3 Å². The first kappa shape index (κ1) is 13.1. The molecule has 1 amide bonds. The van der Waals surface area contributed by atoms with Crippen LogP contribution in [0.5, 0.6) is 0 Å². The van der Waals surface area contributed by atoms with Crippen LogP contribution < -0.4 is 5.32 Å². The van der Waals surface area contributed by atoms with Gasteiger partial charge < -0.3 is 10.4 Å². The van der Waals surface area contributed by atoms with Gasteiger partial charge in [-0.25, -0.2) is 4.79 Å². The van der Waals surface area contributed by atoms with Crippen LogP contribution in [-0.2, 0) is 4.79 Å². The Balaban J connectivity index is 3.69. The highest BCUT2D eigenvalue weighted by atomic mass is 79.9. The number of amides is 1. The Kier molecular flexibility index (Phi) is 3.79. The van der Waals surface area contributed by atoms with E-state index in [0.717, 1.165) is 6.07 Å². The van der Waals surface area contributed by atoms with E-state index in [-0.39, 0.29) is 12.1 Å². The summed E-state index contributed by atoms with van der Waals surface area (Å²) in [7, 11) is 0. The van der Waals surface area contributed by atoms with Crippen LogP contribution in [-0.4, -0.2) is 22.4 Å². The van der Waals surface area contributed by atoms with Gasteiger partial charge in [-0.1, -0.05) is 15.9 Å². The lowest BCUT2D eigenvalue weighted by molar-refractivity contribution is -0.384. The van der Waals surface area contributed by atoms with Crippen molar-refractivity contribution in [2.24, 2.45) is 0 Å². The second kappa shape index (κ2) is 4.91. The fourth-order valence-electron chi connectivity index (χ4n) is 1.32. The highest BCUT2D eigenvalue weighted by Crippen LogP contribution is 2.36. The van der Waals surface area contributed by atoms with Gasteiger partial charge in [-0.05, 0) is 18.6 Å². The number of carbonyl (C=O) groups excluding carboxylic acids is 1. The number of nitro groups is 1. The molecule has 0 radical (unpaired) electrons. The van der Waals surface area contributed by atoms with Crippen molar-refractivity contribution >= 4 is 39.7 Å². The monoisotopic (exact) mass is 302 g/mol. The van der Waals surface area contributed by atoms with E-state index in [1.54, 1.807) is 0 Å². The van der Waals surface area contributed by atoms with Gasteiger partial charge in [-0.2, -0.15) is 0 Å². The number of nitrogens with one attached hydrogen (secondary N) is 1. The Morgan fingerprint density at radius 3 is 2.65 bits per heavy atom. The standard InChI is InChI=1S/C9H7BrN2O5/c1-4-6(10)2-5(9(14)15)8(12(16)17)7(4)11-3-13/h2-3H,1H3,(H,11,13)(H,14,15). The summed E-state index contributed by atoms with van der Waals surface area (Å²) in [5.41, 5.74) is -0.868. The van der Waals surface area contributed by atoms with Gasteiger partial charge in [-0.3, -0.25) is 14.9 Å². The van der Waals surface area contributed by atoms with Crippen LogP contribution in [0, 0.1) is 17.0 Å². The van der Waals surface area contributed by atoms with Crippen LogP contribution in [0.2, 0.25) is 0 Å². The number of aromatic carboxylic acids is 1. The maximum absolute atomic E-state index is 10.9. The summed E-state index contributed by atoms with van der Waals surface area (Å²) in [4.78, 5) is 31.3. The first-order valence-corrected chi connectivity index (χ1v) is 5.10. The van der Waals surface area contributed by atoms with Gasteiger partial charge in [0.2, 0.25) is 6.41 Å². The van der Waals surface area contributed by atoms with Crippen LogP contribution in [0.3, 0.4) is 0 Å². The van der Waals surface area contributed by atoms with E-state index in [4.69, 9.17) is 5.11 Å². The summed E-state index contributed by atoms with van der Waals surface area (Å²) in [5, 5.41) is 21.9. The zero-order valence-corrected chi connectivity index (χ0v) is 10.1. The average molecular weight is 303 g/mol. The molecule has 0 aromatic heterocycles. The molecular formula is C9H7BrN2O5. The Morgan fingerprint density at radius 2 is 2.24 bits per heavy atom. The van der Waals surface area contributed by atoms with Gasteiger partial charge in [0.25, 0.3) is 0 Å². The number of carboxylic acid groups (broad SMARTS) is 1. The van der Waals surface area contributed by atoms with E-state index in [1.807, 2.05) is 0 Å². The zero-order valence-electron chi connectivity index (χ0n) is 8.56. The molecule has 0 aliphatic carbocycles. The van der Waals surface area contributed by atoms with E-state index in [1.165, 1.54) is 6.92 Å². The highest BCUT2D eigenvalue weighted by molar-refractivity contribution is 9.10. The summed E-state index contributed by atoms with van der Waals surface area (Å²) in [5.74, 6) is -1.44. The first-order valence-electron chi connectivity index (χ1n) is 4.31. The number of benzene rings is 1. The molecule has 0 aliphatic rings. The third-order valence-corrected chi connectivity index (χ3v) is 2.94. The molecule has 17 heavy (non-hydrogen) atoms. The van der Waals surface area contributed by atoms with E-state index in [9.17, 15) is 19.7 Å². The van der Waals surface area contributed by atoms with Crippen LogP contribution in [0.25, 0.3) is 0 Å². The quantitative estimate of drug-likeness (QED) is 0.502. The number of hydrogen-bond acceptors (Lipinski definition) is 4. The molecule has 0 saturated carbocycles. The first-order chi connectivity index (χ1) is 7.90. The molecule has 0 fully saturated rings. The number of hydrogen-bond donors (Lipinski definition) is 2. The summed E-state index contributed by atoms with van der Waals surface area (Å²) < 4.78 is 0.366. The third-order valence-electron chi connectivity index (χ3n) is 2.11. The summed E-state index contributed by atoms with van der Waals surface area (Å²) >= 11 is 3.08. The second-order valence-electron chi connectivity index (χ2n) is 3.08. The third kappa shape index (κ3) is 2.41. The van der Waals surface area contributed by atoms with Crippen molar-refractivity contribution in [3.8, 4) is 0 Å². The van der Waals surface area contributed by atoms with Crippen molar-refractivity contribution in [2.45, 2.75) is 6.92 Å². The summed E-state index contributed by atoms with van der Waals surface area (Å²) in [6.45, 7) is 1.52. The molecule has 0 bridgehead atoms. The molecular weight excluding hydrogens is 296 g/mol. The molecule has 0 spiro atoms. The minimum atomic E-state index is -1.44. The predicted molar refractivity (Wildman–Crippen MR) is 62.2 cm³/mol. The molecule has 90 valence electrons. The number of carboxylic acids is 1. The van der Waals surface area contributed by atoms with Crippen molar-refractivity contribution in [2.75, 3.05) is 5.32 Å². The number of nitro benzene ring substituents is 1. The molecule has 1 aromatic rings. The van der Waals surface area contributed by atoms with Crippen LogP contribution in [0.4, 0.5) is 11.4 Å². The Hall–Kier alpha value is -1.96. The van der Waals surface area contributed by atoms with Crippen molar-refractivity contribution in [1.29, 1.82) is 0 Å². The number of carbonyl (C=O) groups is 2. The van der Waals surface area contributed by atoms with Gasteiger partial charge in [0.05, 0.1) is 4.92 Å². The van der Waals surface area contributed by atoms with E-state index >= 15 is 0 Å². The molecule has 1 aromatic carbocycles. The van der Waals surface area contributed by atoms with Gasteiger partial charge >= 0.3 is 11.7 Å². The fraction of sp³-hybridized carbons (Fsp3) is 0.111. The molecule has 0 saturated heterocycles. The topological polar surface area (TPSA) is 110 Å². The Morgan fingerprint density at radius 1 is 1.65 bits per heavy atom. The van der Waals surface area contributed by atoms with E-state index in [0.29, 0.717) is 10.0 Å². The highest BCUT2D eigenvalue weighted by Gasteiger charge is 2.27. The largest absolute Gasteiger partial charge is 0.477 e. The number of halogens is 1. The van der Waals surface area contributed by atoms with Gasteiger partial charge in [-0.15, -0.1) is 0 Å². The van der Waals surface area contributed by atoms with Crippen LogP contribution in [0.15, 0.2) is 10.5 Å². The van der Waals surface area contributed by atoms with Crippen molar-refractivity contribution in [3.05, 3.63) is 31.8 Å².